The largest absolute Gasteiger partial charge is 0.493 e. The number of benzene rings is 2. The van der Waals surface area contributed by atoms with E-state index in [0.29, 0.717) is 43.9 Å². The van der Waals surface area contributed by atoms with E-state index in [1.807, 2.05) is 42.5 Å². The summed E-state index contributed by atoms with van der Waals surface area (Å²) in [6.07, 6.45) is 2.31. The van der Waals surface area contributed by atoms with Crippen LogP contribution in [-0.2, 0) is 22.6 Å². The number of rotatable bonds is 8. The van der Waals surface area contributed by atoms with Gasteiger partial charge in [0.25, 0.3) is 0 Å². The minimum absolute atomic E-state index is 0.0259. The van der Waals surface area contributed by atoms with Crippen molar-refractivity contribution in [3.05, 3.63) is 53.9 Å². The first-order valence-corrected chi connectivity index (χ1v) is 10.8. The highest BCUT2D eigenvalue weighted by Gasteiger charge is 2.33. The van der Waals surface area contributed by atoms with E-state index in [9.17, 15) is 9.59 Å². The minimum Gasteiger partial charge on any atom is -0.493 e. The first-order valence-electron chi connectivity index (χ1n) is 10.8. The van der Waals surface area contributed by atoms with Crippen molar-refractivity contribution >= 4 is 22.8 Å². The van der Waals surface area contributed by atoms with Crippen LogP contribution in [0.4, 0.5) is 0 Å². The fraction of sp³-hybridized carbons (Fsp3) is 0.375. The maximum atomic E-state index is 12.9. The lowest BCUT2D eigenvalue weighted by molar-refractivity contribution is -0.138. The number of nitrogens with one attached hydrogen (secondary N) is 2. The second kappa shape index (κ2) is 9.72. The molecule has 0 saturated carbocycles. The van der Waals surface area contributed by atoms with Crippen LogP contribution in [0, 0.1) is 0 Å². The van der Waals surface area contributed by atoms with Crippen LogP contribution in [-0.4, -0.2) is 53.5 Å². The van der Waals surface area contributed by atoms with Crippen molar-refractivity contribution in [2.45, 2.75) is 38.3 Å². The van der Waals surface area contributed by atoms with E-state index in [1.165, 1.54) is 0 Å². The number of hydrogen-bond acceptors (Lipinski definition) is 5. The van der Waals surface area contributed by atoms with Crippen LogP contribution in [0.1, 0.15) is 30.7 Å². The second-order valence-corrected chi connectivity index (χ2v) is 7.82. The van der Waals surface area contributed by atoms with Gasteiger partial charge in [0.15, 0.2) is 11.5 Å². The Morgan fingerprint density at radius 1 is 1.16 bits per heavy atom. The number of carbonyl (C=O) groups excluding carboxylic acids is 2. The number of ether oxygens (including phenoxy) is 2. The standard InChI is InChI=1S/C24H28N4O4/c1-31-20-11-5-7-16(23(20)32-2)15-25-24(30)19-10-6-14-28(19)22(29)13-12-21-26-17-8-3-4-9-18(17)27-21/h3-5,7-9,11,19H,6,10,12-15H2,1-2H3,(H,25,30)(H,26,27)/t19-/m0/s1. The molecule has 8 nitrogen and oxygen atoms in total. The van der Waals surface area contributed by atoms with Crippen LogP contribution < -0.4 is 14.8 Å². The molecular weight excluding hydrogens is 408 g/mol. The van der Waals surface area contributed by atoms with Gasteiger partial charge in [-0.3, -0.25) is 9.59 Å². The van der Waals surface area contributed by atoms with E-state index < -0.39 is 6.04 Å². The highest BCUT2D eigenvalue weighted by Crippen LogP contribution is 2.30. The van der Waals surface area contributed by atoms with E-state index in [4.69, 9.17) is 9.47 Å². The van der Waals surface area contributed by atoms with E-state index >= 15 is 0 Å². The number of para-hydroxylation sites is 3. The number of H-pyrrole nitrogens is 1. The number of amides is 2. The summed E-state index contributed by atoms with van der Waals surface area (Å²) in [4.78, 5) is 35.2. The lowest BCUT2D eigenvalue weighted by Crippen LogP contribution is -2.45. The van der Waals surface area contributed by atoms with Gasteiger partial charge in [-0.25, -0.2) is 4.98 Å². The van der Waals surface area contributed by atoms with Crippen molar-refractivity contribution in [1.82, 2.24) is 20.2 Å². The molecule has 3 aromatic rings. The van der Waals surface area contributed by atoms with Gasteiger partial charge < -0.3 is 24.7 Å². The molecule has 1 aliphatic rings. The Balaban J connectivity index is 1.35. The zero-order valence-electron chi connectivity index (χ0n) is 18.4. The highest BCUT2D eigenvalue weighted by molar-refractivity contribution is 5.88. The smallest absolute Gasteiger partial charge is 0.243 e. The van der Waals surface area contributed by atoms with Gasteiger partial charge in [0, 0.05) is 31.5 Å². The average Bonchev–Trinajstić information content (AvgIpc) is 3.47. The lowest BCUT2D eigenvalue weighted by Gasteiger charge is -2.24. The van der Waals surface area contributed by atoms with Crippen LogP contribution >= 0.6 is 0 Å². The molecule has 1 aromatic heterocycles. The highest BCUT2D eigenvalue weighted by atomic mass is 16.5. The molecule has 2 heterocycles. The third kappa shape index (κ3) is 4.54. The zero-order chi connectivity index (χ0) is 22.5. The summed E-state index contributed by atoms with van der Waals surface area (Å²) in [7, 11) is 3.15. The van der Waals surface area contributed by atoms with Crippen molar-refractivity contribution in [2.75, 3.05) is 20.8 Å². The molecule has 0 aliphatic carbocycles. The summed E-state index contributed by atoms with van der Waals surface area (Å²) >= 11 is 0. The Morgan fingerprint density at radius 2 is 2.00 bits per heavy atom. The molecule has 2 aromatic carbocycles. The van der Waals surface area contributed by atoms with Gasteiger partial charge in [0.1, 0.15) is 11.9 Å². The molecule has 2 N–H and O–H groups in total. The van der Waals surface area contributed by atoms with Gasteiger partial charge in [0.05, 0.1) is 25.3 Å². The molecule has 0 radical (unpaired) electrons. The summed E-state index contributed by atoms with van der Waals surface area (Å²) < 4.78 is 10.7. The molecule has 8 heteroatoms. The number of imidazole rings is 1. The number of aromatic amines is 1. The number of aryl methyl sites for hydroxylation is 1. The molecule has 1 fully saturated rings. The van der Waals surface area contributed by atoms with E-state index in [-0.39, 0.29) is 11.8 Å². The SMILES string of the molecule is COc1cccc(CNC(=O)[C@@H]2CCCN2C(=O)CCc2nc3ccccc3[nH]2)c1OC. The molecule has 1 aliphatic heterocycles. The normalized spacial score (nSPS) is 15.7. The number of carbonyl (C=O) groups is 2. The topological polar surface area (TPSA) is 96.5 Å². The third-order valence-corrected chi connectivity index (χ3v) is 5.83. The van der Waals surface area contributed by atoms with Gasteiger partial charge in [0.2, 0.25) is 11.8 Å². The van der Waals surface area contributed by atoms with Crippen molar-refractivity contribution in [1.29, 1.82) is 0 Å². The maximum Gasteiger partial charge on any atom is 0.243 e. The number of fused-ring (bicyclic) bond motifs is 1. The summed E-state index contributed by atoms with van der Waals surface area (Å²) in [6.45, 7) is 0.899. The molecule has 0 bridgehead atoms. The molecule has 0 unspecified atom stereocenters. The number of methoxy groups -OCH3 is 2. The van der Waals surface area contributed by atoms with Crippen molar-refractivity contribution < 1.29 is 19.1 Å². The van der Waals surface area contributed by atoms with Crippen LogP contribution in [0.5, 0.6) is 11.5 Å². The van der Waals surface area contributed by atoms with Crippen molar-refractivity contribution in [2.24, 2.45) is 0 Å². The Bertz CT molecular complexity index is 1080. The predicted molar refractivity (Wildman–Crippen MR) is 121 cm³/mol. The molecule has 1 atom stereocenters. The van der Waals surface area contributed by atoms with E-state index in [2.05, 4.69) is 15.3 Å². The van der Waals surface area contributed by atoms with Crippen molar-refractivity contribution in [3.8, 4) is 11.5 Å². The lowest BCUT2D eigenvalue weighted by atomic mass is 10.1. The van der Waals surface area contributed by atoms with Crippen LogP contribution in [0.2, 0.25) is 0 Å². The second-order valence-electron chi connectivity index (χ2n) is 7.82. The van der Waals surface area contributed by atoms with Gasteiger partial charge >= 0.3 is 0 Å². The van der Waals surface area contributed by atoms with Gasteiger partial charge in [-0.15, -0.1) is 0 Å². The van der Waals surface area contributed by atoms with Gasteiger partial charge in [-0.1, -0.05) is 24.3 Å². The Kier molecular flexibility index (Phi) is 6.58. The molecular formula is C24H28N4O4. The number of nitrogens with zero attached hydrogens (tertiary/aromatic N) is 2. The molecule has 32 heavy (non-hydrogen) atoms. The molecule has 1 saturated heterocycles. The first-order chi connectivity index (χ1) is 15.6. The van der Waals surface area contributed by atoms with Crippen LogP contribution in [0.25, 0.3) is 11.0 Å². The maximum absolute atomic E-state index is 12.9. The average molecular weight is 437 g/mol. The summed E-state index contributed by atoms with van der Waals surface area (Å²) in [6, 6.07) is 12.9. The number of hydrogen-bond donors (Lipinski definition) is 2. The van der Waals surface area contributed by atoms with E-state index in [0.717, 1.165) is 28.8 Å². The minimum atomic E-state index is -0.449. The third-order valence-electron chi connectivity index (χ3n) is 5.83. The van der Waals surface area contributed by atoms with Gasteiger partial charge in [-0.05, 0) is 31.0 Å². The predicted octanol–water partition coefficient (Wildman–Crippen LogP) is 2.82. The quantitative estimate of drug-likeness (QED) is 0.566. The molecule has 2 amide bonds. The molecule has 4 rings (SSSR count). The fourth-order valence-electron chi connectivity index (χ4n) is 4.22. The van der Waals surface area contributed by atoms with Crippen molar-refractivity contribution in [3.63, 3.8) is 0 Å². The Labute approximate surface area is 186 Å². The summed E-state index contributed by atoms with van der Waals surface area (Å²) in [5, 5.41) is 2.96. The summed E-state index contributed by atoms with van der Waals surface area (Å²) in [5.41, 5.74) is 2.67. The monoisotopic (exact) mass is 436 g/mol. The molecule has 168 valence electrons. The Hall–Kier alpha value is -3.55. The first kappa shape index (κ1) is 21.7. The zero-order valence-corrected chi connectivity index (χ0v) is 18.4. The fourth-order valence-corrected chi connectivity index (χ4v) is 4.22. The van der Waals surface area contributed by atoms with Crippen LogP contribution in [0.15, 0.2) is 42.5 Å². The Morgan fingerprint density at radius 3 is 2.78 bits per heavy atom. The number of aromatic nitrogens is 2. The molecule has 0 spiro atoms. The van der Waals surface area contributed by atoms with Crippen LogP contribution in [0.3, 0.4) is 0 Å². The van der Waals surface area contributed by atoms with E-state index in [1.54, 1.807) is 19.1 Å². The number of likely N-dealkylation sites (tertiary alicyclic amines) is 1. The van der Waals surface area contributed by atoms with Gasteiger partial charge in [-0.2, -0.15) is 0 Å². The summed E-state index contributed by atoms with van der Waals surface area (Å²) in [5.74, 6) is 1.82.